The molecule has 2 N–H and O–H groups in total. The second kappa shape index (κ2) is 6.17. The van der Waals surface area contributed by atoms with E-state index in [-0.39, 0.29) is 18.5 Å². The van der Waals surface area contributed by atoms with Gasteiger partial charge in [-0.05, 0) is 0 Å². The van der Waals surface area contributed by atoms with Gasteiger partial charge in [-0.15, -0.1) is 0 Å². The van der Waals surface area contributed by atoms with Gasteiger partial charge >= 0.3 is 6.09 Å². The first-order chi connectivity index (χ1) is 10.6. The van der Waals surface area contributed by atoms with Crippen LogP contribution in [0.5, 0.6) is 0 Å². The number of amides is 1. The van der Waals surface area contributed by atoms with Gasteiger partial charge in [0.2, 0.25) is 0 Å². The van der Waals surface area contributed by atoms with E-state index in [0.717, 1.165) is 0 Å². The SMILES string of the molecule is NCC1CN(c2cnc(N3CCS(=O)CC3)c(F)c2)C(=O)O1. The molecule has 1 aromatic heterocycles. The van der Waals surface area contributed by atoms with Gasteiger partial charge in [0.05, 0.1) is 18.4 Å². The van der Waals surface area contributed by atoms with E-state index in [1.54, 1.807) is 4.90 Å². The topological polar surface area (TPSA) is 88.8 Å². The van der Waals surface area contributed by atoms with Gasteiger partial charge < -0.3 is 15.4 Å². The van der Waals surface area contributed by atoms with Gasteiger partial charge in [-0.3, -0.25) is 9.11 Å². The molecule has 120 valence electrons. The number of hydrogen-bond acceptors (Lipinski definition) is 6. The van der Waals surface area contributed by atoms with Crippen LogP contribution in [0.4, 0.5) is 20.7 Å². The molecule has 3 heterocycles. The second-order valence-electron chi connectivity index (χ2n) is 5.19. The predicted octanol–water partition coefficient (Wildman–Crippen LogP) is 0.0733. The summed E-state index contributed by atoms with van der Waals surface area (Å²) in [7, 11) is -0.831. The van der Waals surface area contributed by atoms with Crippen LogP contribution in [0, 0.1) is 5.82 Å². The molecule has 1 amide bonds. The highest BCUT2D eigenvalue weighted by Gasteiger charge is 2.32. The monoisotopic (exact) mass is 328 g/mol. The number of pyridine rings is 1. The fourth-order valence-electron chi connectivity index (χ4n) is 2.51. The lowest BCUT2D eigenvalue weighted by atomic mass is 10.3. The van der Waals surface area contributed by atoms with Crippen LogP contribution in [-0.2, 0) is 15.5 Å². The molecule has 2 aliphatic rings. The maximum atomic E-state index is 14.3. The molecule has 0 saturated carbocycles. The van der Waals surface area contributed by atoms with Crippen LogP contribution in [0.15, 0.2) is 12.3 Å². The Morgan fingerprint density at radius 2 is 2.18 bits per heavy atom. The molecule has 0 bridgehead atoms. The summed E-state index contributed by atoms with van der Waals surface area (Å²) in [5, 5.41) is 0. The molecular weight excluding hydrogens is 311 g/mol. The highest BCUT2D eigenvalue weighted by Crippen LogP contribution is 2.26. The number of nitrogens with zero attached hydrogens (tertiary/aromatic N) is 3. The molecule has 22 heavy (non-hydrogen) atoms. The van der Waals surface area contributed by atoms with E-state index in [1.165, 1.54) is 17.2 Å². The van der Waals surface area contributed by atoms with E-state index in [0.29, 0.717) is 36.8 Å². The molecule has 0 radical (unpaired) electrons. The number of carbonyl (C=O) groups excluding carboxylic acids is 1. The highest BCUT2D eigenvalue weighted by molar-refractivity contribution is 7.85. The molecule has 9 heteroatoms. The van der Waals surface area contributed by atoms with Crippen molar-refractivity contribution in [2.45, 2.75) is 6.10 Å². The van der Waals surface area contributed by atoms with Crippen molar-refractivity contribution in [2.24, 2.45) is 5.73 Å². The summed E-state index contributed by atoms with van der Waals surface area (Å²) in [6.45, 7) is 1.54. The van der Waals surface area contributed by atoms with Gasteiger partial charge in [0.25, 0.3) is 0 Å². The molecule has 0 spiro atoms. The van der Waals surface area contributed by atoms with E-state index in [2.05, 4.69) is 4.98 Å². The Morgan fingerprint density at radius 1 is 1.45 bits per heavy atom. The molecule has 1 unspecified atom stereocenters. The minimum atomic E-state index is -0.831. The summed E-state index contributed by atoms with van der Waals surface area (Å²) in [5.74, 6) is 0.747. The number of hydrogen-bond donors (Lipinski definition) is 1. The summed E-state index contributed by atoms with van der Waals surface area (Å²) in [4.78, 5) is 19.0. The molecular formula is C13H17FN4O3S. The normalized spacial score (nSPS) is 23.0. The van der Waals surface area contributed by atoms with Crippen molar-refractivity contribution >= 4 is 28.4 Å². The summed E-state index contributed by atoms with van der Waals surface area (Å²) in [6.07, 6.45) is 0.523. The third-order valence-electron chi connectivity index (χ3n) is 3.73. The first-order valence-electron chi connectivity index (χ1n) is 7.02. The van der Waals surface area contributed by atoms with Crippen LogP contribution in [-0.4, -0.2) is 59.1 Å². The molecule has 0 aliphatic carbocycles. The van der Waals surface area contributed by atoms with Crippen molar-refractivity contribution < 1.29 is 18.1 Å². The lowest BCUT2D eigenvalue weighted by molar-refractivity contribution is 0.145. The van der Waals surface area contributed by atoms with E-state index in [9.17, 15) is 13.4 Å². The number of ether oxygens (including phenoxy) is 1. The molecule has 1 atom stereocenters. The second-order valence-corrected chi connectivity index (χ2v) is 6.88. The lowest BCUT2D eigenvalue weighted by Crippen LogP contribution is -2.38. The van der Waals surface area contributed by atoms with E-state index in [1.807, 2.05) is 0 Å². The zero-order valence-electron chi connectivity index (χ0n) is 11.9. The average Bonchev–Trinajstić information content (AvgIpc) is 2.89. The minimum absolute atomic E-state index is 0.223. The molecule has 0 aromatic carbocycles. The molecule has 2 aliphatic heterocycles. The van der Waals surface area contributed by atoms with Crippen LogP contribution in [0.25, 0.3) is 0 Å². The third kappa shape index (κ3) is 2.91. The van der Waals surface area contributed by atoms with Gasteiger partial charge in [-0.25, -0.2) is 14.2 Å². The van der Waals surface area contributed by atoms with Crippen LogP contribution in [0.1, 0.15) is 0 Å². The van der Waals surface area contributed by atoms with E-state index < -0.39 is 22.7 Å². The standard InChI is InChI=1S/C13H17FN4O3S/c14-11-5-9(18-8-10(6-15)21-13(18)19)7-16-12(11)17-1-3-22(20)4-2-17/h5,7,10H,1-4,6,8,15H2. The number of cyclic esters (lactones) is 1. The summed E-state index contributed by atoms with van der Waals surface area (Å²) in [6, 6.07) is 1.27. The maximum absolute atomic E-state index is 14.3. The van der Waals surface area contributed by atoms with Crippen molar-refractivity contribution in [2.75, 3.05) is 47.5 Å². The Kier molecular flexibility index (Phi) is 4.25. The molecule has 2 fully saturated rings. The number of carbonyl (C=O) groups is 1. The number of aromatic nitrogens is 1. The summed E-state index contributed by atoms with van der Waals surface area (Å²) < 4.78 is 30.7. The Hall–Kier alpha value is -1.74. The number of anilines is 2. The van der Waals surface area contributed by atoms with Crippen molar-refractivity contribution in [3.8, 4) is 0 Å². The van der Waals surface area contributed by atoms with Crippen molar-refractivity contribution in [1.82, 2.24) is 4.98 Å². The Labute approximate surface area is 129 Å². The van der Waals surface area contributed by atoms with E-state index in [4.69, 9.17) is 10.5 Å². The maximum Gasteiger partial charge on any atom is 0.414 e. The Balaban J connectivity index is 1.78. The van der Waals surface area contributed by atoms with E-state index >= 15 is 0 Å². The third-order valence-corrected chi connectivity index (χ3v) is 5.01. The van der Waals surface area contributed by atoms with Crippen LogP contribution >= 0.6 is 0 Å². The van der Waals surface area contributed by atoms with Crippen LogP contribution < -0.4 is 15.5 Å². The van der Waals surface area contributed by atoms with Crippen LogP contribution in [0.2, 0.25) is 0 Å². The predicted molar refractivity (Wildman–Crippen MR) is 81.0 cm³/mol. The fourth-order valence-corrected chi connectivity index (χ4v) is 3.56. The zero-order valence-corrected chi connectivity index (χ0v) is 12.7. The Morgan fingerprint density at radius 3 is 2.77 bits per heavy atom. The average molecular weight is 328 g/mol. The number of halogens is 1. The largest absolute Gasteiger partial charge is 0.443 e. The van der Waals surface area contributed by atoms with Crippen molar-refractivity contribution in [1.29, 1.82) is 0 Å². The minimum Gasteiger partial charge on any atom is -0.443 e. The van der Waals surface area contributed by atoms with Gasteiger partial charge in [0.15, 0.2) is 11.6 Å². The van der Waals surface area contributed by atoms with Gasteiger partial charge in [0, 0.05) is 48.0 Å². The summed E-state index contributed by atoms with van der Waals surface area (Å²) >= 11 is 0. The quantitative estimate of drug-likeness (QED) is 0.845. The molecule has 3 rings (SSSR count). The molecule has 2 saturated heterocycles. The van der Waals surface area contributed by atoms with Crippen LogP contribution in [0.3, 0.4) is 0 Å². The van der Waals surface area contributed by atoms with Gasteiger partial charge in [0.1, 0.15) is 6.10 Å². The zero-order chi connectivity index (χ0) is 15.7. The Bertz CT molecular complexity index is 605. The number of rotatable bonds is 3. The van der Waals surface area contributed by atoms with Gasteiger partial charge in [-0.2, -0.15) is 0 Å². The first kappa shape index (κ1) is 15.2. The fraction of sp³-hybridized carbons (Fsp3) is 0.538. The summed E-state index contributed by atoms with van der Waals surface area (Å²) in [5.41, 5.74) is 5.82. The smallest absolute Gasteiger partial charge is 0.414 e. The number of nitrogens with two attached hydrogens (primary N) is 1. The molecule has 1 aromatic rings. The van der Waals surface area contributed by atoms with Gasteiger partial charge in [-0.1, -0.05) is 0 Å². The first-order valence-corrected chi connectivity index (χ1v) is 8.51. The van der Waals surface area contributed by atoms with Crippen molar-refractivity contribution in [3.63, 3.8) is 0 Å². The molecule has 7 nitrogen and oxygen atoms in total. The van der Waals surface area contributed by atoms with Crippen molar-refractivity contribution in [3.05, 3.63) is 18.1 Å². The highest BCUT2D eigenvalue weighted by atomic mass is 32.2. The lowest BCUT2D eigenvalue weighted by Gasteiger charge is -2.28.